The smallest absolute Gasteiger partial charge is 0.311 e. The molecule has 6 nitrogen and oxygen atoms in total. The molecule has 1 saturated heterocycles. The molecule has 1 aliphatic carbocycles. The van der Waals surface area contributed by atoms with Crippen LogP contribution in [-0.4, -0.2) is 41.8 Å². The van der Waals surface area contributed by atoms with Gasteiger partial charge in [0, 0.05) is 25.0 Å². The Morgan fingerprint density at radius 1 is 1.00 bits per heavy atom. The van der Waals surface area contributed by atoms with Crippen LogP contribution in [0.15, 0.2) is 0 Å². The molecule has 0 aromatic rings. The van der Waals surface area contributed by atoms with Gasteiger partial charge < -0.3 is 16.0 Å². The number of amides is 3. The minimum absolute atomic E-state index is 0.152. The van der Waals surface area contributed by atoms with E-state index in [2.05, 4.69) is 5.32 Å². The fraction of sp³-hybridized carbons (Fsp3) is 0.769. The maximum Gasteiger partial charge on any atom is 0.311 e. The summed E-state index contributed by atoms with van der Waals surface area (Å²) in [5.41, 5.74) is 5.24. The van der Waals surface area contributed by atoms with Crippen LogP contribution < -0.4 is 11.1 Å². The topological polar surface area (TPSA) is 92.5 Å². The van der Waals surface area contributed by atoms with E-state index in [1.165, 1.54) is 4.90 Å². The molecule has 6 heteroatoms. The predicted octanol–water partition coefficient (Wildman–Crippen LogP) is -0.231. The molecule has 0 bridgehead atoms. The lowest BCUT2D eigenvalue weighted by atomic mass is 9.96. The number of carbonyl (C=O) groups excluding carboxylic acids is 3. The van der Waals surface area contributed by atoms with Gasteiger partial charge in [-0.1, -0.05) is 12.8 Å². The fourth-order valence-electron chi connectivity index (χ4n) is 2.83. The quantitative estimate of drug-likeness (QED) is 0.677. The van der Waals surface area contributed by atoms with Gasteiger partial charge in [-0.15, -0.1) is 0 Å². The summed E-state index contributed by atoms with van der Waals surface area (Å²) in [4.78, 5) is 36.3. The van der Waals surface area contributed by atoms with Crippen LogP contribution in [0, 0.1) is 5.92 Å². The van der Waals surface area contributed by atoms with E-state index in [1.54, 1.807) is 0 Å². The largest absolute Gasteiger partial charge is 0.369 e. The Morgan fingerprint density at radius 2 is 1.58 bits per heavy atom. The molecule has 0 radical (unpaired) electrons. The van der Waals surface area contributed by atoms with Crippen molar-refractivity contribution in [3.05, 3.63) is 0 Å². The first kappa shape index (κ1) is 13.8. The molecule has 3 amide bonds. The van der Waals surface area contributed by atoms with Crippen molar-refractivity contribution in [3.63, 3.8) is 0 Å². The van der Waals surface area contributed by atoms with Gasteiger partial charge in [0.25, 0.3) is 0 Å². The van der Waals surface area contributed by atoms with E-state index in [0.29, 0.717) is 25.9 Å². The Bertz CT molecular complexity index is 369. The molecule has 2 fully saturated rings. The summed E-state index contributed by atoms with van der Waals surface area (Å²) in [7, 11) is 0. The lowest BCUT2D eigenvalue weighted by Crippen LogP contribution is -2.49. The van der Waals surface area contributed by atoms with Crippen LogP contribution >= 0.6 is 0 Å². The molecule has 0 spiro atoms. The molecular weight excluding hydrogens is 246 g/mol. The summed E-state index contributed by atoms with van der Waals surface area (Å²) in [6.07, 6.45) is 5.26. The van der Waals surface area contributed by atoms with Gasteiger partial charge in [-0.25, -0.2) is 0 Å². The zero-order valence-electron chi connectivity index (χ0n) is 11.1. The first-order valence-electron chi connectivity index (χ1n) is 6.97. The summed E-state index contributed by atoms with van der Waals surface area (Å²) in [5.74, 6) is -1.47. The highest BCUT2D eigenvalue weighted by atomic mass is 16.2. The Balaban J connectivity index is 1.80. The number of nitrogens with one attached hydrogen (secondary N) is 1. The van der Waals surface area contributed by atoms with Crippen molar-refractivity contribution >= 4 is 17.7 Å². The van der Waals surface area contributed by atoms with Crippen molar-refractivity contribution in [1.82, 2.24) is 10.2 Å². The SMILES string of the molecule is NC(=O)C1CCN(C(=O)C(=O)NC2CCCC2)CC1. The number of nitrogens with two attached hydrogens (primary N) is 1. The van der Waals surface area contributed by atoms with Crippen LogP contribution in [0.4, 0.5) is 0 Å². The molecule has 2 rings (SSSR count). The van der Waals surface area contributed by atoms with E-state index >= 15 is 0 Å². The number of hydrogen-bond acceptors (Lipinski definition) is 3. The Morgan fingerprint density at radius 3 is 2.11 bits per heavy atom. The van der Waals surface area contributed by atoms with Crippen molar-refractivity contribution in [2.75, 3.05) is 13.1 Å². The number of likely N-dealkylation sites (tertiary alicyclic amines) is 1. The number of nitrogens with zero attached hydrogens (tertiary/aromatic N) is 1. The Labute approximate surface area is 112 Å². The van der Waals surface area contributed by atoms with E-state index in [1.807, 2.05) is 0 Å². The van der Waals surface area contributed by atoms with Gasteiger partial charge in [0.15, 0.2) is 0 Å². The zero-order chi connectivity index (χ0) is 13.8. The summed E-state index contributed by atoms with van der Waals surface area (Å²) < 4.78 is 0. The lowest BCUT2D eigenvalue weighted by molar-refractivity contribution is -0.147. The van der Waals surface area contributed by atoms with Gasteiger partial charge >= 0.3 is 11.8 Å². The van der Waals surface area contributed by atoms with Crippen molar-refractivity contribution in [3.8, 4) is 0 Å². The van der Waals surface area contributed by atoms with E-state index < -0.39 is 11.8 Å². The number of carbonyl (C=O) groups is 3. The van der Waals surface area contributed by atoms with Crippen molar-refractivity contribution in [1.29, 1.82) is 0 Å². The van der Waals surface area contributed by atoms with Crippen molar-refractivity contribution in [2.24, 2.45) is 11.7 Å². The summed E-state index contributed by atoms with van der Waals surface area (Å²) in [6, 6.07) is 0.152. The molecule has 1 heterocycles. The van der Waals surface area contributed by atoms with Crippen LogP contribution in [0.25, 0.3) is 0 Å². The third-order valence-corrected chi connectivity index (χ3v) is 4.07. The first-order chi connectivity index (χ1) is 9.08. The summed E-state index contributed by atoms with van der Waals surface area (Å²) in [5, 5.41) is 2.79. The first-order valence-corrected chi connectivity index (χ1v) is 6.97. The number of piperidine rings is 1. The minimum Gasteiger partial charge on any atom is -0.369 e. The van der Waals surface area contributed by atoms with Crippen molar-refractivity contribution < 1.29 is 14.4 Å². The van der Waals surface area contributed by atoms with E-state index in [4.69, 9.17) is 5.73 Å². The Kier molecular flexibility index (Phi) is 4.39. The second-order valence-electron chi connectivity index (χ2n) is 5.42. The highest BCUT2D eigenvalue weighted by Crippen LogP contribution is 2.19. The number of primary amides is 1. The molecule has 0 aromatic carbocycles. The van der Waals surface area contributed by atoms with Crippen LogP contribution in [0.2, 0.25) is 0 Å². The standard InChI is InChI=1S/C13H21N3O3/c14-11(17)9-5-7-16(8-6-9)13(19)12(18)15-10-3-1-2-4-10/h9-10H,1-8H2,(H2,14,17)(H,15,18). The third kappa shape index (κ3) is 3.45. The van der Waals surface area contributed by atoms with Crippen LogP contribution in [-0.2, 0) is 14.4 Å². The second-order valence-corrected chi connectivity index (χ2v) is 5.42. The van der Waals surface area contributed by atoms with Gasteiger partial charge in [0.1, 0.15) is 0 Å². The molecule has 106 valence electrons. The van der Waals surface area contributed by atoms with Gasteiger partial charge in [-0.3, -0.25) is 14.4 Å². The normalized spacial score (nSPS) is 21.4. The molecule has 0 atom stereocenters. The highest BCUT2D eigenvalue weighted by molar-refractivity contribution is 6.35. The van der Waals surface area contributed by atoms with E-state index in [9.17, 15) is 14.4 Å². The van der Waals surface area contributed by atoms with Gasteiger partial charge in [-0.2, -0.15) is 0 Å². The van der Waals surface area contributed by atoms with Crippen LogP contribution in [0.1, 0.15) is 38.5 Å². The number of rotatable bonds is 2. The molecule has 1 saturated carbocycles. The second kappa shape index (κ2) is 6.04. The van der Waals surface area contributed by atoms with Gasteiger partial charge in [0.05, 0.1) is 0 Å². The number of hydrogen-bond donors (Lipinski definition) is 2. The fourth-order valence-corrected chi connectivity index (χ4v) is 2.83. The van der Waals surface area contributed by atoms with E-state index in [-0.39, 0.29) is 17.9 Å². The Hall–Kier alpha value is -1.59. The molecule has 2 aliphatic rings. The van der Waals surface area contributed by atoms with Crippen LogP contribution in [0.5, 0.6) is 0 Å². The lowest BCUT2D eigenvalue weighted by Gasteiger charge is -2.30. The maximum absolute atomic E-state index is 12.0. The van der Waals surface area contributed by atoms with Gasteiger partial charge in [-0.05, 0) is 25.7 Å². The summed E-state index contributed by atoms with van der Waals surface area (Å²) >= 11 is 0. The highest BCUT2D eigenvalue weighted by Gasteiger charge is 2.30. The van der Waals surface area contributed by atoms with Crippen molar-refractivity contribution in [2.45, 2.75) is 44.6 Å². The maximum atomic E-state index is 12.0. The molecule has 1 aliphatic heterocycles. The average Bonchev–Trinajstić information content (AvgIpc) is 2.90. The third-order valence-electron chi connectivity index (χ3n) is 4.07. The molecule has 19 heavy (non-hydrogen) atoms. The molecule has 3 N–H and O–H groups in total. The zero-order valence-corrected chi connectivity index (χ0v) is 11.1. The molecular formula is C13H21N3O3. The molecule has 0 aromatic heterocycles. The van der Waals surface area contributed by atoms with E-state index in [0.717, 1.165) is 25.7 Å². The van der Waals surface area contributed by atoms with Crippen LogP contribution in [0.3, 0.4) is 0 Å². The monoisotopic (exact) mass is 267 g/mol. The average molecular weight is 267 g/mol. The van der Waals surface area contributed by atoms with Gasteiger partial charge in [0.2, 0.25) is 5.91 Å². The summed E-state index contributed by atoms with van der Waals surface area (Å²) in [6.45, 7) is 0.870. The predicted molar refractivity (Wildman–Crippen MR) is 68.9 cm³/mol. The minimum atomic E-state index is -0.510. The molecule has 0 unspecified atom stereocenters.